The fourth-order valence-corrected chi connectivity index (χ4v) is 4.67. The van der Waals surface area contributed by atoms with Gasteiger partial charge in [0, 0.05) is 66.2 Å². The molecule has 0 aromatic heterocycles. The first-order valence-electron chi connectivity index (χ1n) is 12.1. The van der Waals surface area contributed by atoms with E-state index in [0.29, 0.717) is 6.61 Å². The summed E-state index contributed by atoms with van der Waals surface area (Å²) in [6.45, 7) is 5.89. The average molecular weight is 661 g/mol. The van der Waals surface area contributed by atoms with E-state index in [2.05, 4.69) is 56.6 Å². The second kappa shape index (κ2) is 19.1. The molecule has 0 radical (unpaired) electrons. The van der Waals surface area contributed by atoms with E-state index in [9.17, 15) is 15.3 Å². The summed E-state index contributed by atoms with van der Waals surface area (Å²) < 4.78 is 39.4. The normalized spacial score (nSPS) is 39.0. The predicted molar refractivity (Wildman–Crippen MR) is 156 cm³/mol. The molecule has 16 heteroatoms. The van der Waals surface area contributed by atoms with Crippen molar-refractivity contribution in [2.45, 2.75) is 94.4 Å². The van der Waals surface area contributed by atoms with Crippen molar-refractivity contribution in [2.24, 2.45) is 5.92 Å². The van der Waals surface area contributed by atoms with Crippen LogP contribution in [0, 0.1) is 30.6 Å². The van der Waals surface area contributed by atoms with Gasteiger partial charge in [-0.2, -0.15) is 0 Å². The molecule has 11 nitrogen and oxygen atoms in total. The van der Waals surface area contributed by atoms with Crippen molar-refractivity contribution in [1.82, 2.24) is 0 Å². The molecule has 0 spiro atoms. The van der Waals surface area contributed by atoms with Crippen LogP contribution in [0.1, 0.15) is 27.2 Å². The number of terminal acetylenes is 2. The molecule has 40 heavy (non-hydrogen) atoms. The van der Waals surface area contributed by atoms with Crippen molar-refractivity contribution in [3.63, 3.8) is 0 Å². The maximum Gasteiger partial charge on any atom is 0.190 e. The van der Waals surface area contributed by atoms with Crippen LogP contribution >= 0.6 is 0 Å². The van der Waals surface area contributed by atoms with Crippen LogP contribution in [0.3, 0.4) is 0 Å². The lowest BCUT2D eigenvalue weighted by molar-refractivity contribution is -0.230. The fraction of sp³-hybridized carbons (Fsp3) is 0.833. The van der Waals surface area contributed by atoms with Gasteiger partial charge in [-0.25, -0.2) is 0 Å². The highest BCUT2D eigenvalue weighted by Gasteiger charge is 2.58. The minimum absolute atomic E-state index is 0.0519. The van der Waals surface area contributed by atoms with E-state index >= 15 is 0 Å². The molecule has 11 atom stereocenters. The van der Waals surface area contributed by atoms with Crippen LogP contribution < -0.4 is 0 Å². The molecule has 6 unspecified atom stereocenters. The number of rotatable bonds is 6. The highest BCUT2D eigenvalue weighted by Crippen LogP contribution is 2.41. The number of fused-ring (bicyclic) bond motifs is 1. The Morgan fingerprint density at radius 2 is 1.52 bits per heavy atom. The maximum atomic E-state index is 9.72. The smallest absolute Gasteiger partial charge is 0.190 e. The van der Waals surface area contributed by atoms with E-state index in [1.807, 2.05) is 20.8 Å². The molecule has 3 aliphatic heterocycles. The molecule has 1 saturated carbocycles. The van der Waals surface area contributed by atoms with Crippen molar-refractivity contribution in [3.05, 3.63) is 0 Å². The van der Waals surface area contributed by atoms with Crippen molar-refractivity contribution >= 4 is 53.6 Å². The quantitative estimate of drug-likeness (QED) is 0.251. The van der Waals surface area contributed by atoms with Crippen molar-refractivity contribution in [3.8, 4) is 24.7 Å². The number of aliphatic hydroxyl groups excluding tert-OH is 4. The monoisotopic (exact) mass is 660 g/mol. The molecule has 1 aliphatic carbocycles. The molecule has 228 valence electrons. The van der Waals surface area contributed by atoms with Gasteiger partial charge < -0.3 is 53.6 Å². The fourth-order valence-electron chi connectivity index (χ4n) is 4.67. The van der Waals surface area contributed by atoms with Gasteiger partial charge in [-0.3, -0.25) is 0 Å². The summed E-state index contributed by atoms with van der Waals surface area (Å²) in [7, 11) is 0.917. The summed E-state index contributed by atoms with van der Waals surface area (Å²) in [6.07, 6.45) is 4.45. The van der Waals surface area contributed by atoms with Crippen molar-refractivity contribution in [2.75, 3.05) is 26.4 Å². The van der Waals surface area contributed by atoms with Gasteiger partial charge in [0.2, 0.25) is 0 Å². The Hall–Kier alpha value is -0.220. The minimum atomic E-state index is -1.17. The molecule has 3 saturated heterocycles. The largest absolute Gasteiger partial charge is 0.396 e. The Morgan fingerprint density at radius 1 is 0.950 bits per heavy atom. The van der Waals surface area contributed by atoms with E-state index in [-0.39, 0.29) is 56.9 Å². The zero-order valence-corrected chi connectivity index (χ0v) is 26.3. The van der Waals surface area contributed by atoms with Gasteiger partial charge in [0.05, 0.1) is 18.8 Å². The molecule has 4 fully saturated rings. The second-order valence-corrected chi connectivity index (χ2v) is 11.2. The van der Waals surface area contributed by atoms with Crippen LogP contribution in [-0.2, 0) is 86.8 Å². The van der Waals surface area contributed by atoms with Crippen LogP contribution in [0.4, 0.5) is 0 Å². The zero-order chi connectivity index (χ0) is 30.5. The summed E-state index contributed by atoms with van der Waals surface area (Å²) >= 11 is 15.6. The van der Waals surface area contributed by atoms with Crippen LogP contribution in [0.5, 0.6) is 0 Å². The zero-order valence-electron chi connectivity index (χ0n) is 22.2. The molecule has 4 rings (SSSR count). The van der Waals surface area contributed by atoms with Gasteiger partial charge in [-0.05, 0) is 27.2 Å². The predicted octanol–water partition coefficient (Wildman–Crippen LogP) is -1.27. The summed E-state index contributed by atoms with van der Waals surface area (Å²) in [6, 6.07) is 0. The SMILES string of the molecule is C#CCOC1C(O)C(O)CC(CO)C1O.C#CCO[C@@H]1[C@@H]2OC(C)(C)O[C@H]2O[C@@H]1[C@H]1COC(C)O1.S=S.S=S=S. The van der Waals surface area contributed by atoms with Gasteiger partial charge in [-0.1, -0.05) is 11.8 Å². The van der Waals surface area contributed by atoms with E-state index in [4.69, 9.17) is 51.1 Å². The average Bonchev–Trinajstić information content (AvgIpc) is 3.58. The number of hydrogen-bond donors (Lipinski definition) is 4. The minimum Gasteiger partial charge on any atom is -0.396 e. The number of ether oxygens (including phenoxy) is 7. The van der Waals surface area contributed by atoms with Gasteiger partial charge in [-0.15, -0.1) is 12.8 Å². The third-order valence-electron chi connectivity index (χ3n) is 6.30. The summed E-state index contributed by atoms with van der Waals surface area (Å²) in [5.41, 5.74) is 0. The van der Waals surface area contributed by atoms with Crippen LogP contribution in [0.15, 0.2) is 0 Å². The molecule has 0 aromatic carbocycles. The van der Waals surface area contributed by atoms with Crippen molar-refractivity contribution in [1.29, 1.82) is 0 Å². The van der Waals surface area contributed by atoms with Gasteiger partial charge >= 0.3 is 0 Å². The van der Waals surface area contributed by atoms with Gasteiger partial charge in [0.1, 0.15) is 49.8 Å². The molecule has 0 bridgehead atoms. The molecule has 3 heterocycles. The third kappa shape index (κ3) is 10.8. The lowest BCUT2D eigenvalue weighted by Gasteiger charge is -2.39. The highest BCUT2D eigenvalue weighted by atomic mass is 33.1. The Morgan fingerprint density at radius 3 is 2.02 bits per heavy atom. The highest BCUT2D eigenvalue weighted by molar-refractivity contribution is 8.37. The Kier molecular flexibility index (Phi) is 18.1. The number of aliphatic hydroxyl groups is 4. The Labute approximate surface area is 257 Å². The van der Waals surface area contributed by atoms with E-state index < -0.39 is 42.4 Å². The first-order chi connectivity index (χ1) is 19.0. The van der Waals surface area contributed by atoms with Crippen LogP contribution in [-0.4, -0.2) is 114 Å². The molecule has 4 N–H and O–H groups in total. The maximum absolute atomic E-state index is 9.72. The van der Waals surface area contributed by atoms with E-state index in [1.165, 1.54) is 0 Å². The molecular formula is C24H36O11S5. The summed E-state index contributed by atoms with van der Waals surface area (Å²) in [5.74, 6) is 3.51. The van der Waals surface area contributed by atoms with E-state index in [0.717, 1.165) is 8.88 Å². The van der Waals surface area contributed by atoms with Crippen molar-refractivity contribution < 1.29 is 53.6 Å². The van der Waals surface area contributed by atoms with E-state index in [1.54, 1.807) is 0 Å². The third-order valence-corrected chi connectivity index (χ3v) is 6.30. The topological polar surface area (TPSA) is 146 Å². The lowest BCUT2D eigenvalue weighted by Crippen LogP contribution is -2.55. The molecule has 0 aromatic rings. The van der Waals surface area contributed by atoms with Crippen LogP contribution in [0.25, 0.3) is 0 Å². The summed E-state index contributed by atoms with van der Waals surface area (Å²) in [4.78, 5) is 0. The molecule has 0 amide bonds. The summed E-state index contributed by atoms with van der Waals surface area (Å²) in [5, 5.41) is 37.7. The Bertz CT molecular complexity index is 878. The van der Waals surface area contributed by atoms with Crippen LogP contribution in [0.2, 0.25) is 0 Å². The first kappa shape index (κ1) is 37.8. The number of hydrogen-bond acceptors (Lipinski definition) is 15. The van der Waals surface area contributed by atoms with Gasteiger partial charge in [0.15, 0.2) is 18.4 Å². The molecular weight excluding hydrogens is 625 g/mol. The molecule has 4 aliphatic rings. The van der Waals surface area contributed by atoms with Gasteiger partial charge in [0.25, 0.3) is 0 Å². The standard InChI is InChI=1S/C14H20O6.C10H16O5.S3.S2/c1-5-6-15-11-10(9-7-16-8(2)17-9)18-13-12(11)19-14(3,4)20-13;1-2-3-15-10-8(13)6(5-11)4-7(12)9(10)14;1-3-2;1-2/h1,8-13H,6-7H2,2-4H3;1,6-14H,3-5H2;;/t8?,9-,10-,11+,12+,13-;;;/m1.../s1. The first-order valence-corrected chi connectivity index (χ1v) is 16.1. The lowest BCUT2D eigenvalue weighted by atomic mass is 9.81. The Balaban J connectivity index is 0.000000356. The second-order valence-electron chi connectivity index (χ2n) is 9.40.